The van der Waals surface area contributed by atoms with Crippen LogP contribution < -0.4 is 0 Å². The molecule has 0 aromatic heterocycles. The van der Waals surface area contributed by atoms with Crippen LogP contribution in [0, 0.1) is 5.92 Å². The largest absolute Gasteiger partial charge is 0.435 e. The van der Waals surface area contributed by atoms with Crippen LogP contribution in [0.15, 0.2) is 54.3 Å². The van der Waals surface area contributed by atoms with Gasteiger partial charge in [0, 0.05) is 0 Å². The van der Waals surface area contributed by atoms with Crippen LogP contribution in [-0.4, -0.2) is 5.97 Å². The first kappa shape index (κ1) is 16.2. The number of carbonyl (C=O) groups excluding carboxylic acids is 1. The van der Waals surface area contributed by atoms with Gasteiger partial charge in [0.05, 0.1) is 12.7 Å². The molecule has 1 atom stereocenters. The maximum Gasteiger partial charge on any atom is 0.315 e. The van der Waals surface area contributed by atoms with Crippen molar-refractivity contribution in [2.75, 3.05) is 0 Å². The summed E-state index contributed by atoms with van der Waals surface area (Å²) in [6, 6.07) is 9.62. The summed E-state index contributed by atoms with van der Waals surface area (Å²) in [7, 11) is 0. The van der Waals surface area contributed by atoms with E-state index in [9.17, 15) is 4.79 Å². The lowest BCUT2D eigenvalue weighted by atomic mass is 10.1. The summed E-state index contributed by atoms with van der Waals surface area (Å²) in [5.41, 5.74) is 2.32. The third kappa shape index (κ3) is 7.57. The van der Waals surface area contributed by atoms with Crippen molar-refractivity contribution in [3.8, 4) is 0 Å². The van der Waals surface area contributed by atoms with Gasteiger partial charge in [-0.2, -0.15) is 0 Å². The molecule has 2 nitrogen and oxygen atoms in total. The number of hydrogen-bond donors (Lipinski definition) is 0. The fraction of sp³-hybridized carbons (Fsp3) is 0.389. The molecule has 1 unspecified atom stereocenters. The first-order valence-corrected chi connectivity index (χ1v) is 7.11. The summed E-state index contributed by atoms with van der Waals surface area (Å²) in [4.78, 5) is 11.6. The second kappa shape index (κ2) is 9.13. The molecular weight excluding hydrogens is 248 g/mol. The molecule has 0 radical (unpaired) electrons. The first-order valence-electron chi connectivity index (χ1n) is 7.11. The number of esters is 1. The van der Waals surface area contributed by atoms with Gasteiger partial charge in [0.15, 0.2) is 0 Å². The lowest BCUT2D eigenvalue weighted by Gasteiger charge is -2.04. The lowest BCUT2D eigenvalue weighted by molar-refractivity contribution is -0.137. The molecule has 1 aromatic carbocycles. The molecule has 0 aliphatic heterocycles. The van der Waals surface area contributed by atoms with E-state index in [1.54, 1.807) is 0 Å². The molecule has 0 spiro atoms. The van der Waals surface area contributed by atoms with Gasteiger partial charge in [0.1, 0.15) is 0 Å². The third-order valence-electron chi connectivity index (χ3n) is 2.97. The zero-order valence-electron chi connectivity index (χ0n) is 12.6. The Bertz CT molecular complexity index is 454. The van der Waals surface area contributed by atoms with Gasteiger partial charge in [0.2, 0.25) is 0 Å². The van der Waals surface area contributed by atoms with E-state index in [1.807, 2.05) is 36.4 Å². The fourth-order valence-corrected chi connectivity index (χ4v) is 1.78. The number of hydrogen-bond acceptors (Lipinski definition) is 2. The van der Waals surface area contributed by atoms with Crippen LogP contribution in [0.4, 0.5) is 0 Å². The number of carbonyl (C=O) groups is 1. The molecule has 108 valence electrons. The zero-order valence-corrected chi connectivity index (χ0v) is 12.6. The van der Waals surface area contributed by atoms with Gasteiger partial charge in [-0.15, -0.1) is 0 Å². The Morgan fingerprint density at radius 2 is 1.95 bits per heavy atom. The van der Waals surface area contributed by atoms with E-state index in [4.69, 9.17) is 4.74 Å². The molecule has 0 saturated carbocycles. The SMILES string of the molecule is CC(C)=CCCC(C)/C=C/OC(=O)Cc1ccccc1. The molecule has 2 heteroatoms. The standard InChI is InChI=1S/C18H24O2/c1-15(2)8-7-9-16(3)12-13-20-18(19)14-17-10-5-4-6-11-17/h4-6,8,10-13,16H,7,9,14H2,1-3H3/b13-12+. The minimum atomic E-state index is -0.219. The number of ether oxygens (including phenoxy) is 1. The molecule has 0 aliphatic rings. The van der Waals surface area contributed by atoms with E-state index in [0.717, 1.165) is 18.4 Å². The van der Waals surface area contributed by atoms with Gasteiger partial charge in [-0.1, -0.05) is 48.9 Å². The molecule has 20 heavy (non-hydrogen) atoms. The molecule has 1 aromatic rings. The average molecular weight is 272 g/mol. The Morgan fingerprint density at radius 1 is 1.25 bits per heavy atom. The number of rotatable bonds is 7. The van der Waals surface area contributed by atoms with Crippen LogP contribution in [0.1, 0.15) is 39.2 Å². The maximum atomic E-state index is 11.6. The molecule has 0 bridgehead atoms. The van der Waals surface area contributed by atoms with E-state index >= 15 is 0 Å². The second-order valence-electron chi connectivity index (χ2n) is 5.32. The second-order valence-corrected chi connectivity index (χ2v) is 5.32. The van der Waals surface area contributed by atoms with Crippen LogP contribution in [-0.2, 0) is 16.0 Å². The summed E-state index contributed by atoms with van der Waals surface area (Å²) < 4.78 is 5.11. The highest BCUT2D eigenvalue weighted by atomic mass is 16.5. The quantitative estimate of drug-likeness (QED) is 0.409. The number of allylic oxidation sites excluding steroid dienone is 3. The maximum absolute atomic E-state index is 11.6. The summed E-state index contributed by atoms with van der Waals surface area (Å²) in [5, 5.41) is 0. The minimum absolute atomic E-state index is 0.219. The Balaban J connectivity index is 2.26. The number of benzene rings is 1. The van der Waals surface area contributed by atoms with Gasteiger partial charge in [-0.05, 0) is 44.2 Å². The van der Waals surface area contributed by atoms with Gasteiger partial charge in [0.25, 0.3) is 0 Å². The fourth-order valence-electron chi connectivity index (χ4n) is 1.78. The van der Waals surface area contributed by atoms with Crippen LogP contribution >= 0.6 is 0 Å². The van der Waals surface area contributed by atoms with Crippen molar-refractivity contribution >= 4 is 5.97 Å². The zero-order chi connectivity index (χ0) is 14.8. The summed E-state index contributed by atoms with van der Waals surface area (Å²) >= 11 is 0. The van der Waals surface area contributed by atoms with Crippen molar-refractivity contribution in [3.05, 3.63) is 59.9 Å². The summed E-state index contributed by atoms with van der Waals surface area (Å²) in [6.45, 7) is 6.33. The van der Waals surface area contributed by atoms with Crippen LogP contribution in [0.25, 0.3) is 0 Å². The van der Waals surface area contributed by atoms with Crippen LogP contribution in [0.3, 0.4) is 0 Å². The summed E-state index contributed by atoms with van der Waals surface area (Å²) in [5.74, 6) is 0.194. The predicted octanol–water partition coefficient (Wildman–Crippen LogP) is 4.67. The molecule has 1 rings (SSSR count). The highest BCUT2D eigenvalue weighted by molar-refractivity contribution is 5.73. The van der Waals surface area contributed by atoms with E-state index in [-0.39, 0.29) is 5.97 Å². The van der Waals surface area contributed by atoms with Crippen molar-refractivity contribution in [1.29, 1.82) is 0 Å². The predicted molar refractivity (Wildman–Crippen MR) is 83.2 cm³/mol. The molecule has 0 heterocycles. The van der Waals surface area contributed by atoms with E-state index in [2.05, 4.69) is 26.8 Å². The smallest absolute Gasteiger partial charge is 0.315 e. The molecule has 0 amide bonds. The Labute approximate surface area is 122 Å². The monoisotopic (exact) mass is 272 g/mol. The lowest BCUT2D eigenvalue weighted by Crippen LogP contribution is -2.04. The van der Waals surface area contributed by atoms with Crippen LogP contribution in [0.2, 0.25) is 0 Å². The topological polar surface area (TPSA) is 26.3 Å². The van der Waals surface area contributed by atoms with Crippen molar-refractivity contribution in [2.45, 2.75) is 40.0 Å². The normalized spacial score (nSPS) is 12.2. The Kier molecular flexibility index (Phi) is 7.41. The highest BCUT2D eigenvalue weighted by Crippen LogP contribution is 2.09. The van der Waals surface area contributed by atoms with Gasteiger partial charge in [-0.25, -0.2) is 0 Å². The molecule has 0 saturated heterocycles. The molecule has 0 aliphatic carbocycles. The van der Waals surface area contributed by atoms with Crippen molar-refractivity contribution in [1.82, 2.24) is 0 Å². The van der Waals surface area contributed by atoms with Gasteiger partial charge >= 0.3 is 5.97 Å². The van der Waals surface area contributed by atoms with Gasteiger partial charge < -0.3 is 4.74 Å². The Morgan fingerprint density at radius 3 is 2.60 bits per heavy atom. The van der Waals surface area contributed by atoms with Crippen molar-refractivity contribution in [3.63, 3.8) is 0 Å². The van der Waals surface area contributed by atoms with Crippen molar-refractivity contribution in [2.24, 2.45) is 5.92 Å². The molecular formula is C18H24O2. The molecule has 0 fully saturated rings. The minimum Gasteiger partial charge on any atom is -0.435 e. The van der Waals surface area contributed by atoms with Crippen LogP contribution in [0.5, 0.6) is 0 Å². The third-order valence-corrected chi connectivity index (χ3v) is 2.97. The highest BCUT2D eigenvalue weighted by Gasteiger charge is 2.02. The Hall–Kier alpha value is -1.83. The van der Waals surface area contributed by atoms with E-state index in [0.29, 0.717) is 12.3 Å². The molecule has 0 N–H and O–H groups in total. The van der Waals surface area contributed by atoms with Gasteiger partial charge in [-0.3, -0.25) is 4.79 Å². The van der Waals surface area contributed by atoms with E-state index < -0.39 is 0 Å². The van der Waals surface area contributed by atoms with E-state index in [1.165, 1.54) is 11.8 Å². The first-order chi connectivity index (χ1) is 9.58. The summed E-state index contributed by atoms with van der Waals surface area (Å²) in [6.07, 6.45) is 8.15. The van der Waals surface area contributed by atoms with Crippen molar-refractivity contribution < 1.29 is 9.53 Å². The average Bonchev–Trinajstić information content (AvgIpc) is 2.39.